The van der Waals surface area contributed by atoms with Gasteiger partial charge in [0.1, 0.15) is 0 Å². The van der Waals surface area contributed by atoms with Crippen molar-refractivity contribution < 1.29 is 4.79 Å². The Morgan fingerprint density at radius 1 is 1.26 bits per heavy atom. The van der Waals surface area contributed by atoms with E-state index >= 15 is 0 Å². The summed E-state index contributed by atoms with van der Waals surface area (Å²) in [6.07, 6.45) is 6.54. The van der Waals surface area contributed by atoms with Crippen molar-refractivity contribution in [3.8, 4) is 0 Å². The number of amides is 1. The summed E-state index contributed by atoms with van der Waals surface area (Å²) >= 11 is 0. The van der Waals surface area contributed by atoms with E-state index < -0.39 is 0 Å². The third-order valence-electron chi connectivity index (χ3n) is 4.83. The Morgan fingerprint density at radius 3 is 2.68 bits per heavy atom. The fraction of sp³-hybridized carbons (Fsp3) is 0.933. The number of hydrogen-bond acceptors (Lipinski definition) is 3. The highest BCUT2D eigenvalue weighted by molar-refractivity contribution is 5.81. The topological polar surface area (TPSA) is 53.2 Å². The molecule has 110 valence electrons. The maximum atomic E-state index is 11.8. The SMILES string of the molecule is CNC(=O)C(C)(C)CNC1CCCC1C1CCCN1. The molecule has 0 radical (unpaired) electrons. The number of carbonyl (C=O) groups is 1. The normalized spacial score (nSPS) is 31.6. The van der Waals surface area contributed by atoms with Crippen molar-refractivity contribution in [1.29, 1.82) is 0 Å². The molecule has 1 aliphatic carbocycles. The molecule has 0 spiro atoms. The van der Waals surface area contributed by atoms with Crippen LogP contribution in [0, 0.1) is 11.3 Å². The molecule has 3 unspecified atom stereocenters. The summed E-state index contributed by atoms with van der Waals surface area (Å²) in [5, 5.41) is 10.1. The average Bonchev–Trinajstić information content (AvgIpc) is 3.05. The number of carbonyl (C=O) groups excluding carboxylic acids is 1. The van der Waals surface area contributed by atoms with Crippen LogP contribution in [0.1, 0.15) is 46.0 Å². The van der Waals surface area contributed by atoms with Gasteiger partial charge in [-0.05, 0) is 52.0 Å². The molecule has 0 aromatic heterocycles. The number of rotatable bonds is 5. The van der Waals surface area contributed by atoms with Crippen LogP contribution in [0.15, 0.2) is 0 Å². The molecular weight excluding hydrogens is 238 g/mol. The van der Waals surface area contributed by atoms with E-state index in [4.69, 9.17) is 0 Å². The highest BCUT2D eigenvalue weighted by atomic mass is 16.2. The van der Waals surface area contributed by atoms with Crippen LogP contribution < -0.4 is 16.0 Å². The van der Waals surface area contributed by atoms with Gasteiger partial charge in [-0.25, -0.2) is 0 Å². The maximum Gasteiger partial charge on any atom is 0.226 e. The summed E-state index contributed by atoms with van der Waals surface area (Å²) in [5.74, 6) is 0.872. The van der Waals surface area contributed by atoms with Crippen molar-refractivity contribution in [2.75, 3.05) is 20.1 Å². The molecule has 4 nitrogen and oxygen atoms in total. The third kappa shape index (κ3) is 3.48. The molecular formula is C15H29N3O. The minimum atomic E-state index is -0.328. The molecule has 1 amide bonds. The van der Waals surface area contributed by atoms with Gasteiger partial charge in [-0.15, -0.1) is 0 Å². The van der Waals surface area contributed by atoms with Gasteiger partial charge in [0.25, 0.3) is 0 Å². The summed E-state index contributed by atoms with van der Waals surface area (Å²) in [4.78, 5) is 11.8. The van der Waals surface area contributed by atoms with Crippen molar-refractivity contribution in [3.05, 3.63) is 0 Å². The lowest BCUT2D eigenvalue weighted by Gasteiger charge is -2.30. The molecule has 0 bridgehead atoms. The summed E-state index contributed by atoms with van der Waals surface area (Å²) < 4.78 is 0. The van der Waals surface area contributed by atoms with Crippen molar-refractivity contribution in [2.45, 2.75) is 58.0 Å². The molecule has 3 atom stereocenters. The smallest absolute Gasteiger partial charge is 0.226 e. The summed E-state index contributed by atoms with van der Waals surface area (Å²) in [6, 6.07) is 1.28. The number of nitrogens with one attached hydrogen (secondary N) is 3. The van der Waals surface area contributed by atoms with Crippen LogP contribution >= 0.6 is 0 Å². The molecule has 1 aliphatic heterocycles. The van der Waals surface area contributed by atoms with Gasteiger partial charge in [-0.2, -0.15) is 0 Å². The van der Waals surface area contributed by atoms with Gasteiger partial charge in [0, 0.05) is 25.7 Å². The molecule has 1 saturated carbocycles. The molecule has 0 aromatic rings. The lowest BCUT2D eigenvalue weighted by atomic mass is 9.89. The van der Waals surface area contributed by atoms with Gasteiger partial charge < -0.3 is 16.0 Å². The van der Waals surface area contributed by atoms with Crippen LogP contribution in [0.5, 0.6) is 0 Å². The lowest BCUT2D eigenvalue weighted by molar-refractivity contribution is -0.128. The monoisotopic (exact) mass is 267 g/mol. The van der Waals surface area contributed by atoms with E-state index in [1.165, 1.54) is 38.6 Å². The second-order valence-corrected chi connectivity index (χ2v) is 6.75. The van der Waals surface area contributed by atoms with Crippen molar-refractivity contribution in [1.82, 2.24) is 16.0 Å². The fourth-order valence-corrected chi connectivity index (χ4v) is 3.61. The van der Waals surface area contributed by atoms with Crippen LogP contribution in [-0.4, -0.2) is 38.1 Å². The Hall–Kier alpha value is -0.610. The summed E-state index contributed by atoms with van der Waals surface area (Å²) in [5.41, 5.74) is -0.328. The fourth-order valence-electron chi connectivity index (χ4n) is 3.61. The van der Waals surface area contributed by atoms with E-state index in [0.717, 1.165) is 12.5 Å². The molecule has 1 saturated heterocycles. The first kappa shape index (κ1) is 14.8. The summed E-state index contributed by atoms with van der Waals surface area (Å²) in [6.45, 7) is 5.96. The average molecular weight is 267 g/mol. The number of hydrogen-bond donors (Lipinski definition) is 3. The second-order valence-electron chi connectivity index (χ2n) is 6.75. The Kier molecular flexibility index (Phi) is 4.85. The largest absolute Gasteiger partial charge is 0.359 e. The van der Waals surface area contributed by atoms with Crippen LogP contribution in [0.2, 0.25) is 0 Å². The predicted octanol–water partition coefficient (Wildman–Crippen LogP) is 1.27. The van der Waals surface area contributed by atoms with Gasteiger partial charge in [0.05, 0.1) is 5.41 Å². The first-order valence-electron chi connectivity index (χ1n) is 7.73. The lowest BCUT2D eigenvalue weighted by Crippen LogP contribution is -2.48. The summed E-state index contributed by atoms with van der Waals surface area (Å²) in [7, 11) is 1.71. The zero-order valence-corrected chi connectivity index (χ0v) is 12.6. The minimum Gasteiger partial charge on any atom is -0.359 e. The van der Waals surface area contributed by atoms with Crippen LogP contribution in [-0.2, 0) is 4.79 Å². The second kappa shape index (κ2) is 6.23. The minimum absolute atomic E-state index is 0.119. The van der Waals surface area contributed by atoms with E-state index in [0.29, 0.717) is 12.1 Å². The van der Waals surface area contributed by atoms with Crippen LogP contribution in [0.3, 0.4) is 0 Å². The highest BCUT2D eigenvalue weighted by Gasteiger charge is 2.36. The molecule has 3 N–H and O–H groups in total. The van der Waals surface area contributed by atoms with E-state index in [1.807, 2.05) is 13.8 Å². The van der Waals surface area contributed by atoms with Gasteiger partial charge >= 0.3 is 0 Å². The van der Waals surface area contributed by atoms with Gasteiger partial charge in [0.2, 0.25) is 5.91 Å². The Balaban J connectivity index is 1.86. The molecule has 19 heavy (non-hydrogen) atoms. The Labute approximate surface area is 117 Å². The molecule has 2 rings (SSSR count). The zero-order chi connectivity index (χ0) is 13.9. The molecule has 1 heterocycles. The van der Waals surface area contributed by atoms with E-state index in [2.05, 4.69) is 16.0 Å². The molecule has 0 aromatic carbocycles. The van der Waals surface area contributed by atoms with Crippen molar-refractivity contribution >= 4 is 5.91 Å². The van der Waals surface area contributed by atoms with E-state index in [-0.39, 0.29) is 11.3 Å². The van der Waals surface area contributed by atoms with Crippen molar-refractivity contribution in [3.63, 3.8) is 0 Å². The standard InChI is InChI=1S/C15H29N3O/c1-15(2,14(19)16-3)10-18-13-7-4-6-11(13)12-8-5-9-17-12/h11-13,17-18H,4-10H2,1-3H3,(H,16,19). The first-order valence-corrected chi connectivity index (χ1v) is 7.73. The Morgan fingerprint density at radius 2 is 2.05 bits per heavy atom. The van der Waals surface area contributed by atoms with E-state index in [9.17, 15) is 4.79 Å². The van der Waals surface area contributed by atoms with Crippen LogP contribution in [0.25, 0.3) is 0 Å². The van der Waals surface area contributed by atoms with Crippen molar-refractivity contribution in [2.24, 2.45) is 11.3 Å². The van der Waals surface area contributed by atoms with Crippen LogP contribution in [0.4, 0.5) is 0 Å². The van der Waals surface area contributed by atoms with Gasteiger partial charge in [-0.3, -0.25) is 4.79 Å². The highest BCUT2D eigenvalue weighted by Crippen LogP contribution is 2.32. The quantitative estimate of drug-likeness (QED) is 0.703. The van der Waals surface area contributed by atoms with Gasteiger partial charge in [-0.1, -0.05) is 6.42 Å². The van der Waals surface area contributed by atoms with E-state index in [1.54, 1.807) is 7.05 Å². The molecule has 2 fully saturated rings. The molecule has 2 aliphatic rings. The first-order chi connectivity index (χ1) is 9.04. The van der Waals surface area contributed by atoms with Gasteiger partial charge in [0.15, 0.2) is 0 Å². The zero-order valence-electron chi connectivity index (χ0n) is 12.6. The predicted molar refractivity (Wildman–Crippen MR) is 78.0 cm³/mol. The maximum absolute atomic E-state index is 11.8. The third-order valence-corrected chi connectivity index (χ3v) is 4.83. The molecule has 4 heteroatoms. The Bertz CT molecular complexity index is 311.